The van der Waals surface area contributed by atoms with Crippen molar-refractivity contribution in [3.8, 4) is 0 Å². The average Bonchev–Trinajstić information content (AvgIpc) is 3.04. The second-order valence-electron chi connectivity index (χ2n) is 6.70. The third-order valence-electron chi connectivity index (χ3n) is 5.35. The van der Waals surface area contributed by atoms with Crippen molar-refractivity contribution in [1.82, 2.24) is 10.2 Å². The van der Waals surface area contributed by atoms with E-state index in [1.165, 1.54) is 0 Å². The molecule has 120 valence electrons. The molecule has 0 spiro atoms. The molecule has 3 rings (SSSR count). The zero-order valence-corrected chi connectivity index (χ0v) is 13.4. The minimum absolute atomic E-state index is 0.0415. The van der Waals surface area contributed by atoms with Gasteiger partial charge in [0.25, 0.3) is 0 Å². The van der Waals surface area contributed by atoms with E-state index in [1.54, 1.807) is 0 Å². The van der Waals surface area contributed by atoms with Gasteiger partial charge in [-0.15, -0.1) is 0 Å². The fourth-order valence-electron chi connectivity index (χ4n) is 4.16. The maximum Gasteiger partial charge on any atom is 0.224 e. The van der Waals surface area contributed by atoms with Gasteiger partial charge in [-0.3, -0.25) is 4.79 Å². The van der Waals surface area contributed by atoms with E-state index in [9.17, 15) is 13.2 Å². The molecule has 0 radical (unpaired) electrons. The van der Waals surface area contributed by atoms with Crippen LogP contribution in [0.4, 0.5) is 0 Å². The highest BCUT2D eigenvalue weighted by molar-refractivity contribution is 7.92. The molecule has 2 bridgehead atoms. The van der Waals surface area contributed by atoms with Crippen molar-refractivity contribution >= 4 is 15.7 Å². The van der Waals surface area contributed by atoms with E-state index in [4.69, 9.17) is 0 Å². The summed E-state index contributed by atoms with van der Waals surface area (Å²) in [5.74, 6) is 0.0904. The smallest absolute Gasteiger partial charge is 0.224 e. The van der Waals surface area contributed by atoms with E-state index in [-0.39, 0.29) is 29.4 Å². The predicted molar refractivity (Wildman–Crippen MR) is 81.8 cm³/mol. The Morgan fingerprint density at radius 2 is 1.76 bits per heavy atom. The number of sulfone groups is 1. The van der Waals surface area contributed by atoms with Crippen LogP contribution in [0.1, 0.15) is 51.4 Å². The summed E-state index contributed by atoms with van der Waals surface area (Å²) >= 11 is 0. The van der Waals surface area contributed by atoms with Gasteiger partial charge in [0.15, 0.2) is 9.84 Å². The van der Waals surface area contributed by atoms with Crippen molar-refractivity contribution in [1.29, 1.82) is 0 Å². The number of fused-ring (bicyclic) bond motifs is 2. The number of nitrogens with one attached hydrogen (secondary N) is 1. The van der Waals surface area contributed by atoms with Crippen molar-refractivity contribution in [3.05, 3.63) is 0 Å². The number of hydrogen-bond acceptors (Lipinski definition) is 4. The molecule has 1 N–H and O–H groups in total. The Kier molecular flexibility index (Phi) is 4.54. The fraction of sp³-hybridized carbons (Fsp3) is 0.933. The monoisotopic (exact) mass is 314 g/mol. The molecule has 2 atom stereocenters. The van der Waals surface area contributed by atoms with Gasteiger partial charge in [0, 0.05) is 25.0 Å². The van der Waals surface area contributed by atoms with Crippen molar-refractivity contribution in [2.75, 3.05) is 18.8 Å². The molecule has 1 saturated carbocycles. The largest absolute Gasteiger partial charge is 0.335 e. The molecule has 3 fully saturated rings. The van der Waals surface area contributed by atoms with Gasteiger partial charge in [0.1, 0.15) is 0 Å². The van der Waals surface area contributed by atoms with Gasteiger partial charge in [-0.05, 0) is 38.6 Å². The highest BCUT2D eigenvalue weighted by Gasteiger charge is 2.38. The molecule has 0 aromatic heterocycles. The van der Waals surface area contributed by atoms with Crippen molar-refractivity contribution < 1.29 is 13.2 Å². The Bertz CT molecular complexity index is 471. The van der Waals surface area contributed by atoms with Crippen LogP contribution in [0.15, 0.2) is 0 Å². The van der Waals surface area contributed by atoms with Crippen LogP contribution in [-0.2, 0) is 14.6 Å². The SMILES string of the molecule is O=C(CCS(=O)(=O)C1CCCC1)N1C2CCNCC1CC2. The summed E-state index contributed by atoms with van der Waals surface area (Å²) in [6.45, 7) is 1.82. The quantitative estimate of drug-likeness (QED) is 0.843. The zero-order valence-electron chi connectivity index (χ0n) is 12.6. The van der Waals surface area contributed by atoms with Crippen molar-refractivity contribution in [3.63, 3.8) is 0 Å². The van der Waals surface area contributed by atoms with Gasteiger partial charge < -0.3 is 10.2 Å². The van der Waals surface area contributed by atoms with Gasteiger partial charge >= 0.3 is 0 Å². The Labute approximate surface area is 127 Å². The Morgan fingerprint density at radius 3 is 2.52 bits per heavy atom. The molecule has 2 saturated heterocycles. The van der Waals surface area contributed by atoms with E-state index < -0.39 is 9.84 Å². The second kappa shape index (κ2) is 6.24. The maximum absolute atomic E-state index is 12.5. The van der Waals surface area contributed by atoms with Crippen LogP contribution >= 0.6 is 0 Å². The number of carbonyl (C=O) groups excluding carboxylic acids is 1. The summed E-state index contributed by atoms with van der Waals surface area (Å²) in [7, 11) is -3.08. The second-order valence-corrected chi connectivity index (χ2v) is 9.10. The lowest BCUT2D eigenvalue weighted by Crippen LogP contribution is -2.43. The van der Waals surface area contributed by atoms with Gasteiger partial charge in [-0.1, -0.05) is 12.8 Å². The number of amides is 1. The van der Waals surface area contributed by atoms with Crippen LogP contribution in [0, 0.1) is 0 Å². The van der Waals surface area contributed by atoms with E-state index in [0.29, 0.717) is 6.04 Å². The van der Waals surface area contributed by atoms with E-state index >= 15 is 0 Å². The number of hydrogen-bond donors (Lipinski definition) is 1. The summed E-state index contributed by atoms with van der Waals surface area (Å²) in [5, 5.41) is 3.18. The lowest BCUT2D eigenvalue weighted by molar-refractivity contribution is -0.133. The summed E-state index contributed by atoms with van der Waals surface area (Å²) in [5.41, 5.74) is 0. The molecule has 1 aliphatic carbocycles. The molecule has 3 aliphatic rings. The third kappa shape index (κ3) is 3.26. The lowest BCUT2D eigenvalue weighted by Gasteiger charge is -2.28. The van der Waals surface area contributed by atoms with E-state index in [0.717, 1.165) is 58.0 Å². The standard InChI is InChI=1S/C15H26N2O3S/c18-15(8-10-21(19,20)14-3-1-2-4-14)17-12-5-6-13(17)11-16-9-7-12/h12-14,16H,1-11H2. The van der Waals surface area contributed by atoms with Crippen LogP contribution < -0.4 is 5.32 Å². The average molecular weight is 314 g/mol. The molecule has 0 aromatic rings. The van der Waals surface area contributed by atoms with Gasteiger partial charge in [-0.25, -0.2) is 8.42 Å². The molecule has 5 nitrogen and oxygen atoms in total. The van der Waals surface area contributed by atoms with Gasteiger partial charge in [0.05, 0.1) is 11.0 Å². The maximum atomic E-state index is 12.5. The van der Waals surface area contributed by atoms with Crippen LogP contribution in [0.25, 0.3) is 0 Å². The third-order valence-corrected chi connectivity index (χ3v) is 7.61. The van der Waals surface area contributed by atoms with Crippen LogP contribution in [0.2, 0.25) is 0 Å². The molecule has 6 heteroatoms. The van der Waals surface area contributed by atoms with Crippen LogP contribution in [-0.4, -0.2) is 55.4 Å². The molecule has 21 heavy (non-hydrogen) atoms. The summed E-state index contributed by atoms with van der Waals surface area (Å²) < 4.78 is 24.6. The van der Waals surface area contributed by atoms with Gasteiger partial charge in [-0.2, -0.15) is 0 Å². The fourth-order valence-corrected chi connectivity index (χ4v) is 6.01. The number of rotatable bonds is 4. The minimum atomic E-state index is -3.08. The lowest BCUT2D eigenvalue weighted by atomic mass is 10.1. The molecule has 1 amide bonds. The minimum Gasteiger partial charge on any atom is -0.335 e. The highest BCUT2D eigenvalue weighted by Crippen LogP contribution is 2.29. The summed E-state index contributed by atoms with van der Waals surface area (Å²) in [6.07, 6.45) is 6.90. The Balaban J connectivity index is 1.58. The van der Waals surface area contributed by atoms with Crippen molar-refractivity contribution in [2.24, 2.45) is 0 Å². The Morgan fingerprint density at radius 1 is 1.05 bits per heavy atom. The summed E-state index contributed by atoms with van der Waals surface area (Å²) in [6, 6.07) is 0.603. The van der Waals surface area contributed by atoms with E-state index in [2.05, 4.69) is 5.32 Å². The number of nitrogens with zero attached hydrogens (tertiary/aromatic N) is 1. The molecule has 2 unspecified atom stereocenters. The topological polar surface area (TPSA) is 66.5 Å². The first kappa shape index (κ1) is 15.3. The molecule has 2 heterocycles. The normalized spacial score (nSPS) is 30.6. The first-order valence-electron chi connectivity index (χ1n) is 8.31. The van der Waals surface area contributed by atoms with E-state index in [1.807, 2.05) is 4.90 Å². The molecular weight excluding hydrogens is 288 g/mol. The predicted octanol–water partition coefficient (Wildman–Crippen LogP) is 1.09. The first-order valence-corrected chi connectivity index (χ1v) is 10.0. The summed E-state index contributed by atoms with van der Waals surface area (Å²) in [4.78, 5) is 14.5. The molecule has 2 aliphatic heterocycles. The zero-order chi connectivity index (χ0) is 14.9. The first-order chi connectivity index (χ1) is 10.1. The van der Waals surface area contributed by atoms with Crippen molar-refractivity contribution in [2.45, 2.75) is 68.7 Å². The van der Waals surface area contributed by atoms with Crippen LogP contribution in [0.3, 0.4) is 0 Å². The van der Waals surface area contributed by atoms with Crippen LogP contribution in [0.5, 0.6) is 0 Å². The number of carbonyl (C=O) groups is 1. The Hall–Kier alpha value is -0.620. The molecular formula is C15H26N2O3S. The molecule has 0 aromatic carbocycles. The highest BCUT2D eigenvalue weighted by atomic mass is 32.2. The van der Waals surface area contributed by atoms with Gasteiger partial charge in [0.2, 0.25) is 5.91 Å².